The van der Waals surface area contributed by atoms with Crippen LogP contribution in [0.15, 0.2) is 60.7 Å². The molecule has 30 heavy (non-hydrogen) atoms. The summed E-state index contributed by atoms with van der Waals surface area (Å²) in [7, 11) is 0. The lowest BCUT2D eigenvalue weighted by Crippen LogP contribution is -2.08. The van der Waals surface area contributed by atoms with Crippen LogP contribution >= 0.6 is 0 Å². The van der Waals surface area contributed by atoms with Crippen molar-refractivity contribution in [1.29, 1.82) is 0 Å². The average Bonchev–Trinajstić information content (AvgIpc) is 2.73. The number of anilines is 1. The van der Waals surface area contributed by atoms with E-state index in [9.17, 15) is 9.90 Å². The Morgan fingerprint density at radius 2 is 1.70 bits per heavy atom. The van der Waals surface area contributed by atoms with Gasteiger partial charge in [-0.15, -0.1) is 0 Å². The molecular weight excluding hydrogens is 378 g/mol. The van der Waals surface area contributed by atoms with Crippen LogP contribution in [0.3, 0.4) is 0 Å². The molecule has 0 heterocycles. The second-order valence-electron chi connectivity index (χ2n) is 7.09. The maximum atomic E-state index is 11.4. The summed E-state index contributed by atoms with van der Waals surface area (Å²) in [6, 6.07) is 19.3. The van der Waals surface area contributed by atoms with Crippen LogP contribution in [0.25, 0.3) is 0 Å². The van der Waals surface area contributed by atoms with Crippen molar-refractivity contribution in [2.75, 3.05) is 11.9 Å². The molecule has 0 aromatic heterocycles. The lowest BCUT2D eigenvalue weighted by molar-refractivity contribution is 0.0696. The Hall–Kier alpha value is -3.47. The van der Waals surface area contributed by atoms with Gasteiger partial charge in [0.05, 0.1) is 12.2 Å². The molecule has 156 valence electrons. The van der Waals surface area contributed by atoms with Crippen molar-refractivity contribution in [1.82, 2.24) is 0 Å². The van der Waals surface area contributed by atoms with E-state index in [0.29, 0.717) is 42.4 Å². The van der Waals surface area contributed by atoms with Crippen molar-refractivity contribution in [2.24, 2.45) is 0 Å². The van der Waals surface area contributed by atoms with Gasteiger partial charge in [-0.3, -0.25) is 0 Å². The quantitative estimate of drug-likeness (QED) is 0.486. The van der Waals surface area contributed by atoms with Crippen molar-refractivity contribution < 1.29 is 19.4 Å². The van der Waals surface area contributed by atoms with E-state index >= 15 is 0 Å². The van der Waals surface area contributed by atoms with Gasteiger partial charge in [-0.25, -0.2) is 4.79 Å². The fraction of sp³-hybridized carbons (Fsp3) is 0.240. The van der Waals surface area contributed by atoms with E-state index in [1.165, 1.54) is 5.56 Å². The predicted octanol–water partition coefficient (Wildman–Crippen LogP) is 5.59. The molecule has 0 atom stereocenters. The third-order valence-electron chi connectivity index (χ3n) is 4.90. The molecule has 5 heteroatoms. The largest absolute Gasteiger partial charge is 0.490 e. The topological polar surface area (TPSA) is 67.8 Å². The van der Waals surface area contributed by atoms with E-state index in [1.54, 1.807) is 19.1 Å². The Kier molecular flexibility index (Phi) is 6.96. The van der Waals surface area contributed by atoms with Gasteiger partial charge in [0.25, 0.3) is 0 Å². The number of carboxylic acid groups (broad SMARTS) is 1. The Bertz CT molecular complexity index is 1010. The first-order valence-electron chi connectivity index (χ1n) is 9.99. The lowest BCUT2D eigenvalue weighted by Gasteiger charge is -2.18. The monoisotopic (exact) mass is 405 g/mol. The van der Waals surface area contributed by atoms with Crippen LogP contribution in [-0.4, -0.2) is 17.7 Å². The maximum absolute atomic E-state index is 11.4. The summed E-state index contributed by atoms with van der Waals surface area (Å²) in [6.45, 7) is 7.25. The molecule has 0 aliphatic rings. The van der Waals surface area contributed by atoms with Gasteiger partial charge in [-0.2, -0.15) is 0 Å². The zero-order chi connectivity index (χ0) is 21.5. The summed E-state index contributed by atoms with van der Waals surface area (Å²) in [5.41, 5.74) is 4.99. The minimum Gasteiger partial charge on any atom is -0.490 e. The normalized spacial score (nSPS) is 10.5. The fourth-order valence-corrected chi connectivity index (χ4v) is 3.22. The third kappa shape index (κ3) is 5.11. The molecule has 0 fully saturated rings. The molecule has 3 rings (SSSR count). The van der Waals surface area contributed by atoms with Crippen LogP contribution in [0.1, 0.15) is 39.5 Å². The number of carbonyl (C=O) groups is 1. The number of aryl methyl sites for hydroxylation is 1. The van der Waals surface area contributed by atoms with Gasteiger partial charge in [0.1, 0.15) is 6.61 Å². The zero-order valence-electron chi connectivity index (χ0n) is 17.6. The highest BCUT2D eigenvalue weighted by atomic mass is 16.5. The van der Waals surface area contributed by atoms with Gasteiger partial charge in [0.2, 0.25) is 0 Å². The van der Waals surface area contributed by atoms with Crippen LogP contribution in [-0.2, 0) is 13.2 Å². The van der Waals surface area contributed by atoms with E-state index in [2.05, 4.69) is 36.5 Å². The van der Waals surface area contributed by atoms with Gasteiger partial charge >= 0.3 is 5.97 Å². The molecule has 0 radical (unpaired) electrons. The SMILES string of the molecule is CCOc1cccc(CNc2cccc(C(=O)O)c2C)c1OCc1ccc(C)cc1. The van der Waals surface area contributed by atoms with Crippen LogP contribution in [0, 0.1) is 13.8 Å². The molecule has 0 unspecified atom stereocenters. The summed E-state index contributed by atoms with van der Waals surface area (Å²) in [4.78, 5) is 11.4. The van der Waals surface area contributed by atoms with Gasteiger partial charge in [-0.05, 0) is 50.1 Å². The Labute approximate surface area is 177 Å². The number of benzene rings is 3. The molecule has 0 aliphatic heterocycles. The Morgan fingerprint density at radius 1 is 0.967 bits per heavy atom. The van der Waals surface area contributed by atoms with Gasteiger partial charge < -0.3 is 19.9 Å². The first-order valence-corrected chi connectivity index (χ1v) is 9.99. The predicted molar refractivity (Wildman–Crippen MR) is 119 cm³/mol. The number of hydrogen-bond acceptors (Lipinski definition) is 4. The lowest BCUT2D eigenvalue weighted by atomic mass is 10.1. The van der Waals surface area contributed by atoms with Crippen molar-refractivity contribution in [3.63, 3.8) is 0 Å². The van der Waals surface area contributed by atoms with E-state index in [1.807, 2.05) is 31.2 Å². The molecule has 3 aromatic carbocycles. The van der Waals surface area contributed by atoms with Crippen LogP contribution < -0.4 is 14.8 Å². The molecule has 0 saturated carbocycles. The van der Waals surface area contributed by atoms with E-state index in [0.717, 1.165) is 16.8 Å². The van der Waals surface area contributed by atoms with Gasteiger partial charge in [0.15, 0.2) is 11.5 Å². The minimum absolute atomic E-state index is 0.291. The molecular formula is C25H27NO4. The van der Waals surface area contributed by atoms with Gasteiger partial charge in [0, 0.05) is 17.8 Å². The van der Waals surface area contributed by atoms with Crippen LogP contribution in [0.5, 0.6) is 11.5 Å². The Balaban J connectivity index is 1.82. The summed E-state index contributed by atoms with van der Waals surface area (Å²) >= 11 is 0. The number of para-hydroxylation sites is 1. The number of rotatable bonds is 9. The van der Waals surface area contributed by atoms with Crippen LogP contribution in [0.4, 0.5) is 5.69 Å². The summed E-state index contributed by atoms with van der Waals surface area (Å²) in [5.74, 6) is 0.455. The summed E-state index contributed by atoms with van der Waals surface area (Å²) in [5, 5.41) is 12.7. The number of nitrogens with one attached hydrogen (secondary N) is 1. The Morgan fingerprint density at radius 3 is 2.40 bits per heavy atom. The first kappa shape index (κ1) is 21.2. The highest BCUT2D eigenvalue weighted by molar-refractivity contribution is 5.91. The van der Waals surface area contributed by atoms with Crippen molar-refractivity contribution in [3.8, 4) is 11.5 Å². The van der Waals surface area contributed by atoms with E-state index < -0.39 is 5.97 Å². The van der Waals surface area contributed by atoms with Crippen molar-refractivity contribution in [2.45, 2.75) is 33.9 Å². The smallest absolute Gasteiger partial charge is 0.336 e. The third-order valence-corrected chi connectivity index (χ3v) is 4.90. The second-order valence-corrected chi connectivity index (χ2v) is 7.09. The number of hydrogen-bond donors (Lipinski definition) is 2. The molecule has 0 spiro atoms. The van der Waals surface area contributed by atoms with E-state index in [-0.39, 0.29) is 0 Å². The molecule has 2 N–H and O–H groups in total. The standard InChI is InChI=1S/C25H27NO4/c1-4-29-23-10-5-7-20(24(23)30-16-19-13-11-17(2)12-14-19)15-26-22-9-6-8-21(18(22)3)25(27)28/h5-14,26H,4,15-16H2,1-3H3,(H,27,28). The molecule has 3 aromatic rings. The number of aromatic carboxylic acids is 1. The maximum Gasteiger partial charge on any atom is 0.336 e. The minimum atomic E-state index is -0.934. The summed E-state index contributed by atoms with van der Waals surface area (Å²) < 4.78 is 11.9. The second kappa shape index (κ2) is 9.83. The van der Waals surface area contributed by atoms with Crippen molar-refractivity contribution in [3.05, 3.63) is 88.5 Å². The molecule has 0 saturated heterocycles. The molecule has 0 bridgehead atoms. The molecule has 5 nitrogen and oxygen atoms in total. The average molecular weight is 405 g/mol. The van der Waals surface area contributed by atoms with Gasteiger partial charge in [-0.1, -0.05) is 48.0 Å². The molecule has 0 amide bonds. The highest BCUT2D eigenvalue weighted by Crippen LogP contribution is 2.33. The van der Waals surface area contributed by atoms with Crippen LogP contribution in [0.2, 0.25) is 0 Å². The summed E-state index contributed by atoms with van der Waals surface area (Å²) in [6.07, 6.45) is 0. The van der Waals surface area contributed by atoms with Crippen molar-refractivity contribution >= 4 is 11.7 Å². The number of ether oxygens (including phenoxy) is 2. The van der Waals surface area contributed by atoms with E-state index in [4.69, 9.17) is 9.47 Å². The number of carboxylic acids is 1. The first-order chi connectivity index (χ1) is 14.5. The molecule has 0 aliphatic carbocycles. The highest BCUT2D eigenvalue weighted by Gasteiger charge is 2.14. The fourth-order valence-electron chi connectivity index (χ4n) is 3.22. The zero-order valence-corrected chi connectivity index (χ0v) is 17.6.